The van der Waals surface area contributed by atoms with E-state index in [0.29, 0.717) is 17.3 Å². The van der Waals surface area contributed by atoms with Crippen molar-refractivity contribution in [3.8, 4) is 23.1 Å². The molecule has 1 N–H and O–H groups in total. The lowest BCUT2D eigenvalue weighted by Crippen LogP contribution is -2.30. The lowest BCUT2D eigenvalue weighted by atomic mass is 10.1. The van der Waals surface area contributed by atoms with Gasteiger partial charge in [0.05, 0.1) is 19.1 Å². The van der Waals surface area contributed by atoms with Crippen LogP contribution in [0.15, 0.2) is 57.1 Å². The summed E-state index contributed by atoms with van der Waals surface area (Å²) in [4.78, 5) is 17.3. The zero-order valence-electron chi connectivity index (χ0n) is 18.7. The molecule has 1 aromatic heterocycles. The molecule has 2 aromatic carbocycles. The fraction of sp³-hybridized carbons (Fsp3) is 0.333. The summed E-state index contributed by atoms with van der Waals surface area (Å²) in [5.41, 5.74) is 0.221. The van der Waals surface area contributed by atoms with Gasteiger partial charge in [-0.3, -0.25) is 9.36 Å². The summed E-state index contributed by atoms with van der Waals surface area (Å²) in [6, 6.07) is 11.1. The maximum absolute atomic E-state index is 13.9. The summed E-state index contributed by atoms with van der Waals surface area (Å²) in [6.45, 7) is 1.83. The molecule has 0 bridgehead atoms. The Morgan fingerprint density at radius 2 is 1.58 bits per heavy atom. The first kappa shape index (κ1) is 22.8. The summed E-state index contributed by atoms with van der Waals surface area (Å²) in [6.07, 6.45) is 3.45. The molecule has 0 amide bonds. The number of aryl methyl sites for hydroxylation is 1. The topological polar surface area (TPSA) is 108 Å². The number of nitrogens with zero attached hydrogens (tertiary/aromatic N) is 2. The summed E-state index contributed by atoms with van der Waals surface area (Å²) < 4.78 is 39.1. The van der Waals surface area contributed by atoms with Gasteiger partial charge in [-0.1, -0.05) is 36.6 Å². The fourth-order valence-electron chi connectivity index (χ4n) is 4.31. The van der Waals surface area contributed by atoms with Crippen LogP contribution in [0.4, 0.5) is 0 Å². The Morgan fingerprint density at radius 3 is 2.12 bits per heavy atom. The number of aromatic hydroxyl groups is 1. The van der Waals surface area contributed by atoms with Crippen LogP contribution >= 0.6 is 0 Å². The van der Waals surface area contributed by atoms with Gasteiger partial charge in [0, 0.05) is 5.92 Å². The minimum atomic E-state index is -4.35. The van der Waals surface area contributed by atoms with Gasteiger partial charge in [-0.2, -0.15) is 4.98 Å². The zero-order valence-corrected chi connectivity index (χ0v) is 19.6. The maximum atomic E-state index is 13.9. The smallest absolute Gasteiger partial charge is 0.281 e. The second-order valence-electron chi connectivity index (χ2n) is 8.07. The molecule has 8 nitrogen and oxygen atoms in total. The maximum Gasteiger partial charge on any atom is 0.281 e. The Bertz CT molecular complexity index is 1320. The molecule has 4 rings (SSSR count). The molecule has 0 saturated heterocycles. The van der Waals surface area contributed by atoms with Crippen LogP contribution in [-0.2, 0) is 9.84 Å². The number of ether oxygens (including phenoxy) is 2. The molecule has 174 valence electrons. The van der Waals surface area contributed by atoms with Crippen molar-refractivity contribution < 1.29 is 23.0 Å². The molecular weight excluding hydrogens is 444 g/mol. The number of methoxy groups -OCH3 is 2. The van der Waals surface area contributed by atoms with Crippen LogP contribution in [0.2, 0.25) is 0 Å². The molecule has 0 aliphatic heterocycles. The van der Waals surface area contributed by atoms with Crippen LogP contribution in [0.5, 0.6) is 17.4 Å². The molecule has 3 aromatic rings. The SMILES string of the molecule is COc1cccc(OC)c1-n1c(C2CCCC2)nc(O)c(S(=O)(=O)c2ccc(C)cc2)c1=O. The van der Waals surface area contributed by atoms with E-state index in [4.69, 9.17) is 9.47 Å². The number of benzene rings is 2. The largest absolute Gasteiger partial charge is 0.494 e. The number of hydrogen-bond donors (Lipinski definition) is 1. The van der Waals surface area contributed by atoms with Crippen molar-refractivity contribution in [2.24, 2.45) is 0 Å². The van der Waals surface area contributed by atoms with Gasteiger partial charge in [0.25, 0.3) is 5.56 Å². The number of sulfone groups is 1. The average molecular weight is 471 g/mol. The van der Waals surface area contributed by atoms with Crippen molar-refractivity contribution in [2.75, 3.05) is 14.2 Å². The molecule has 1 aliphatic carbocycles. The van der Waals surface area contributed by atoms with E-state index in [1.54, 1.807) is 30.3 Å². The van der Waals surface area contributed by atoms with E-state index in [-0.39, 0.29) is 16.5 Å². The third kappa shape index (κ3) is 3.97. The predicted molar refractivity (Wildman–Crippen MR) is 122 cm³/mol. The van der Waals surface area contributed by atoms with Gasteiger partial charge in [-0.25, -0.2) is 8.42 Å². The van der Waals surface area contributed by atoms with Crippen LogP contribution < -0.4 is 15.0 Å². The van der Waals surface area contributed by atoms with Gasteiger partial charge in [0.1, 0.15) is 23.0 Å². The summed E-state index contributed by atoms with van der Waals surface area (Å²) in [5, 5.41) is 10.7. The Hall–Kier alpha value is -3.33. The number of hydrogen-bond acceptors (Lipinski definition) is 7. The Labute approximate surface area is 192 Å². The van der Waals surface area contributed by atoms with Gasteiger partial charge in [-0.05, 0) is 44.0 Å². The monoisotopic (exact) mass is 470 g/mol. The standard InChI is InChI=1S/C24H26N2O6S/c1-15-11-13-17(14-12-15)33(29,30)21-23(27)25-22(16-7-4-5-8-16)26(24(21)28)20-18(31-2)9-6-10-19(20)32-3/h6,9-14,16,27H,4-5,7-8H2,1-3H3. The second kappa shape index (κ2) is 8.90. The first-order valence-electron chi connectivity index (χ1n) is 10.7. The molecule has 0 atom stereocenters. The van der Waals surface area contributed by atoms with Gasteiger partial charge < -0.3 is 14.6 Å². The first-order chi connectivity index (χ1) is 15.8. The average Bonchev–Trinajstić information content (AvgIpc) is 3.33. The van der Waals surface area contributed by atoms with E-state index in [1.165, 1.54) is 30.9 Å². The lowest BCUT2D eigenvalue weighted by molar-refractivity contribution is 0.385. The molecule has 0 unspecified atom stereocenters. The predicted octanol–water partition coefficient (Wildman–Crippen LogP) is 3.75. The Balaban J connectivity index is 2.08. The third-order valence-electron chi connectivity index (χ3n) is 6.00. The van der Waals surface area contributed by atoms with Crippen LogP contribution in [0.1, 0.15) is 43.0 Å². The summed E-state index contributed by atoms with van der Waals surface area (Å²) in [7, 11) is -1.45. The summed E-state index contributed by atoms with van der Waals surface area (Å²) in [5.74, 6) is 0.0198. The highest BCUT2D eigenvalue weighted by Gasteiger charge is 2.34. The van der Waals surface area contributed by atoms with E-state index < -0.39 is 26.2 Å². The minimum absolute atomic E-state index is 0.102. The van der Waals surface area contributed by atoms with Crippen molar-refractivity contribution >= 4 is 9.84 Å². The van der Waals surface area contributed by atoms with E-state index >= 15 is 0 Å². The van der Waals surface area contributed by atoms with Gasteiger partial charge in [-0.15, -0.1) is 0 Å². The number of para-hydroxylation sites is 1. The van der Waals surface area contributed by atoms with Crippen LogP contribution in [0, 0.1) is 6.92 Å². The van der Waals surface area contributed by atoms with Crippen molar-refractivity contribution in [2.45, 2.75) is 48.3 Å². The van der Waals surface area contributed by atoms with Crippen molar-refractivity contribution in [3.63, 3.8) is 0 Å². The minimum Gasteiger partial charge on any atom is -0.494 e. The number of aromatic nitrogens is 2. The van der Waals surface area contributed by atoms with Gasteiger partial charge >= 0.3 is 0 Å². The van der Waals surface area contributed by atoms with Crippen LogP contribution in [0.25, 0.3) is 5.69 Å². The van der Waals surface area contributed by atoms with Gasteiger partial charge in [0.2, 0.25) is 15.7 Å². The van der Waals surface area contributed by atoms with Crippen molar-refractivity contribution in [3.05, 3.63) is 64.2 Å². The van der Waals surface area contributed by atoms with Crippen molar-refractivity contribution in [1.29, 1.82) is 0 Å². The molecule has 1 fully saturated rings. The summed E-state index contributed by atoms with van der Waals surface area (Å²) >= 11 is 0. The highest BCUT2D eigenvalue weighted by Crippen LogP contribution is 2.39. The molecule has 1 heterocycles. The van der Waals surface area contributed by atoms with E-state index in [9.17, 15) is 18.3 Å². The molecule has 1 saturated carbocycles. The van der Waals surface area contributed by atoms with Crippen molar-refractivity contribution in [1.82, 2.24) is 9.55 Å². The van der Waals surface area contributed by atoms with E-state index in [1.807, 2.05) is 6.92 Å². The normalized spacial score (nSPS) is 14.4. The van der Waals surface area contributed by atoms with Crippen LogP contribution in [0.3, 0.4) is 0 Å². The molecule has 1 aliphatic rings. The van der Waals surface area contributed by atoms with E-state index in [0.717, 1.165) is 31.2 Å². The Morgan fingerprint density at radius 1 is 1.00 bits per heavy atom. The second-order valence-corrected chi connectivity index (χ2v) is 9.96. The number of rotatable bonds is 6. The highest BCUT2D eigenvalue weighted by molar-refractivity contribution is 7.91. The highest BCUT2D eigenvalue weighted by atomic mass is 32.2. The fourth-order valence-corrected chi connectivity index (χ4v) is 5.64. The van der Waals surface area contributed by atoms with Gasteiger partial charge in [0.15, 0.2) is 4.90 Å². The molecule has 0 radical (unpaired) electrons. The Kier molecular flexibility index (Phi) is 6.16. The zero-order chi connectivity index (χ0) is 23.8. The third-order valence-corrected chi connectivity index (χ3v) is 7.78. The molecule has 33 heavy (non-hydrogen) atoms. The molecule has 9 heteroatoms. The quantitative estimate of drug-likeness (QED) is 0.584. The lowest BCUT2D eigenvalue weighted by Gasteiger charge is -2.21. The van der Waals surface area contributed by atoms with E-state index in [2.05, 4.69) is 4.98 Å². The van der Waals surface area contributed by atoms with Crippen LogP contribution in [-0.4, -0.2) is 37.3 Å². The first-order valence-corrected chi connectivity index (χ1v) is 12.2. The molecule has 0 spiro atoms. The molecular formula is C24H26N2O6S.